The Bertz CT molecular complexity index is 4050. The van der Waals surface area contributed by atoms with Crippen molar-refractivity contribution in [3.8, 4) is 0 Å². The minimum Gasteiger partial charge on any atom is -0.480 e. The largest absolute Gasteiger partial charge is 0.483 e. The fourth-order valence-electron chi connectivity index (χ4n) is 14.1. The van der Waals surface area contributed by atoms with Gasteiger partial charge in [0.25, 0.3) is 0 Å². The molecule has 2 aliphatic rings. The summed E-state index contributed by atoms with van der Waals surface area (Å²) in [6.07, 6.45) is 26.5. The van der Waals surface area contributed by atoms with Crippen molar-refractivity contribution in [2.45, 2.75) is 383 Å². The van der Waals surface area contributed by atoms with Gasteiger partial charge in [-0.3, -0.25) is 47.4 Å². The summed E-state index contributed by atoms with van der Waals surface area (Å²) in [4.78, 5) is 140. The molecule has 2 fully saturated rings. The molecule has 129 heavy (non-hydrogen) atoms. The summed E-state index contributed by atoms with van der Waals surface area (Å²) in [5.74, 6) is -9.67. The van der Waals surface area contributed by atoms with Crippen LogP contribution in [0.2, 0.25) is 0 Å². The van der Waals surface area contributed by atoms with Crippen molar-refractivity contribution in [2.24, 2.45) is 11.5 Å². The van der Waals surface area contributed by atoms with Crippen LogP contribution in [0.1, 0.15) is 285 Å². The van der Waals surface area contributed by atoms with Crippen molar-refractivity contribution in [1.82, 2.24) is 31.9 Å². The number of aliphatic hydroxyl groups is 4. The van der Waals surface area contributed by atoms with Crippen LogP contribution in [0.25, 0.3) is 0 Å². The zero-order valence-electron chi connectivity index (χ0n) is 79.6. The van der Waals surface area contributed by atoms with Gasteiger partial charge in [0.2, 0.25) is 47.0 Å². The number of carboxylic acid groups (broad SMARTS) is 1. The summed E-state index contributed by atoms with van der Waals surface area (Å²) >= 11 is 0. The molecule has 0 spiro atoms. The van der Waals surface area contributed by atoms with E-state index in [1.165, 1.54) is 70.1 Å². The van der Waals surface area contributed by atoms with Gasteiger partial charge in [0.1, 0.15) is 72.9 Å². The lowest BCUT2D eigenvalue weighted by molar-refractivity contribution is -0.331. The Morgan fingerprint density at radius 2 is 0.829 bits per heavy atom. The zero-order chi connectivity index (χ0) is 97.3. The molecule has 0 aromatic rings. The van der Waals surface area contributed by atoms with Gasteiger partial charge in [0.15, 0.2) is 12.6 Å². The van der Waals surface area contributed by atoms with Gasteiger partial charge < -0.3 is 97.6 Å². The van der Waals surface area contributed by atoms with Crippen molar-refractivity contribution in [3.63, 3.8) is 0 Å². The number of ether oxygens (including phenoxy) is 4. The highest BCUT2D eigenvalue weighted by Crippen LogP contribution is 2.61. The van der Waals surface area contributed by atoms with E-state index in [4.69, 9.17) is 39.5 Å². The molecule has 2 saturated heterocycles. The number of nitrogens with one attached hydrogen (secondary N) is 6. The minimum absolute atomic E-state index is 0.0121. The van der Waals surface area contributed by atoms with Gasteiger partial charge in [0, 0.05) is 20.3 Å². The van der Waals surface area contributed by atoms with Gasteiger partial charge in [-0.2, -0.15) is 4.31 Å². The summed E-state index contributed by atoms with van der Waals surface area (Å²) in [7, 11) is -11.5. The maximum absolute atomic E-state index is 14.2. The second-order valence-electron chi connectivity index (χ2n) is 34.6. The number of rotatable bonds is 63. The summed E-state index contributed by atoms with van der Waals surface area (Å²) in [5, 5.41) is 67.2. The average molecular weight is 1860 g/mol. The van der Waals surface area contributed by atoms with E-state index in [2.05, 4.69) is 166 Å². The number of carbonyl (C=O) groups is 9. The lowest BCUT2D eigenvalue weighted by atomic mass is 9.94. The molecule has 33 nitrogen and oxygen atoms in total. The van der Waals surface area contributed by atoms with Crippen LogP contribution < -0.4 is 43.4 Å². The topological polar surface area (TPSA) is 518 Å². The molecule has 17 N–H and O–H groups in total. The molecule has 2 unspecified atom stereocenters. The first-order valence-corrected chi connectivity index (χ1v) is 48.2. The molecule has 0 radical (unpaired) electrons. The van der Waals surface area contributed by atoms with Crippen LogP contribution in [-0.4, -0.2) is 212 Å². The number of carboxylic acids is 1. The van der Waals surface area contributed by atoms with E-state index in [1.807, 2.05) is 6.92 Å². The van der Waals surface area contributed by atoms with Crippen molar-refractivity contribution in [2.75, 3.05) is 26.4 Å². The molecular formula is C94H156N8O25P2. The van der Waals surface area contributed by atoms with Crippen LogP contribution >= 0.6 is 15.6 Å². The van der Waals surface area contributed by atoms with Crippen molar-refractivity contribution in [3.05, 3.63) is 128 Å². The fraction of sp³-hybridized carbons (Fsp3) is 0.670. The van der Waals surface area contributed by atoms with Crippen LogP contribution in [0, 0.1) is 0 Å². The Hall–Kier alpha value is -7.37. The third-order valence-electron chi connectivity index (χ3n) is 22.0. The van der Waals surface area contributed by atoms with E-state index in [9.17, 15) is 87.6 Å². The molecular weight excluding hydrogens is 1700 g/mol. The van der Waals surface area contributed by atoms with Crippen molar-refractivity contribution < 1.29 is 120 Å². The number of carbonyl (C=O) groups excluding carboxylic acids is 8. The maximum atomic E-state index is 14.2. The SMILES string of the molecule is CC(=O)N[C@H]1[C@H](O[C@H]2[C@H](O[C@H](C)C(=O)C(=O)[C@H](C)NC(=O)CC[C@@H](NC(=O)[C@H](CCCCN)NC(=O)[C@@H](C)NC(=O)[C@@H](C)N)C(=O)O)[C@@H](NC(C)=O)[C@@H](OP(=O)(O)OP(=O)(O)OC/C=C(/C)CC/C=C(/C)CC/C=C(/C)CC/C=C(/C)CC/C=C(/C)CC/C=C(/C)CC/C=C(/C)CC/C=C(\C)CC/C=C(\C)CC/C=C(\C)CCC=C(C)C)O[C@@H]2CO)O[C@H](CO)[C@@H](O)[C@@H]1O. The molecule has 0 aromatic carbocycles. The van der Waals surface area contributed by atoms with Gasteiger partial charge in [-0.1, -0.05) is 128 Å². The van der Waals surface area contributed by atoms with Crippen LogP contribution in [0.3, 0.4) is 0 Å². The van der Waals surface area contributed by atoms with E-state index >= 15 is 0 Å². The standard InChI is InChI=1S/C94H156N8O25P2/c1-59(2)31-21-32-60(3)33-22-34-61(4)35-23-36-62(5)37-24-38-63(6)39-25-40-64(7)41-26-42-65(8)43-27-44-66(9)45-28-46-67(10)47-29-48-68(11)49-30-50-69(12)54-56-121-128(117,118)127-129(119,120)126-94-82(100-75(18)106)88(87(79(58-104)124-94)125-93-81(99-74(17)105)86(111)85(110)78(57-103)123-93)122-73(16)84(109)83(108)71(14)97-80(107)53-52-77(92(115)116)102-91(114)76(51-19-20-55-95)101-90(113)72(15)98-89(112)70(13)96/h31,33,35,37,39,41,43,45,47,49,54,70-73,76-79,81-82,85-88,93-94,103-104,110-111H,19-30,32,34,36,38,40,42,44,46,48,50-53,55-58,95-96H2,1-18H3,(H,97,107)(H,98,112)(H,99,105)(H,100,106)(H,101,113)(H,102,114)(H,115,116)(H,117,118)(H,119,120)/b60-33+,61-35+,62-37+,63-39-,64-41-,65-43-,66-45-,67-47-,68-49-,69-54-/t70-,71+,72-,73-,76+,77-,78-,79-,81-,82-,85-,86-,87-,88-,93+,94-/m1/s1. The number of phosphoric ester groups is 2. The first kappa shape index (κ1) is 118. The van der Waals surface area contributed by atoms with Crippen LogP contribution in [0.5, 0.6) is 0 Å². The highest BCUT2D eigenvalue weighted by atomic mass is 31.3. The lowest BCUT2D eigenvalue weighted by Gasteiger charge is -2.49. The van der Waals surface area contributed by atoms with Gasteiger partial charge in [-0.15, -0.1) is 0 Å². The number of hydrogen-bond donors (Lipinski definition) is 15. The Balaban J connectivity index is 2.08. The number of aliphatic hydroxyl groups excluding tert-OH is 4. The van der Waals surface area contributed by atoms with Crippen LogP contribution in [-0.2, 0) is 84.6 Å². The summed E-state index contributed by atoms with van der Waals surface area (Å²) in [6, 6.07) is -10.7. The third kappa shape index (κ3) is 49.8. The number of unbranched alkanes of at least 4 members (excludes halogenated alkanes) is 1. The quantitative estimate of drug-likeness (QED) is 0.0116. The molecule has 6 amide bonds. The summed E-state index contributed by atoms with van der Waals surface area (Å²) in [6.45, 7) is 30.2. The molecule has 0 saturated carbocycles. The van der Waals surface area contributed by atoms with Gasteiger partial charge in [0.05, 0.1) is 31.9 Å². The normalized spacial score (nSPS) is 22.6. The monoisotopic (exact) mass is 1860 g/mol. The smallest absolute Gasteiger partial charge is 0.480 e. The molecule has 2 heterocycles. The van der Waals surface area contributed by atoms with E-state index in [1.54, 1.807) is 6.92 Å². The van der Waals surface area contributed by atoms with Crippen LogP contribution in [0.15, 0.2) is 128 Å². The number of nitrogens with two attached hydrogens (primary N) is 2. The number of Topliss-reactive ketones (excluding diaryl/α,β-unsaturated/α-hetero) is 2. The minimum atomic E-state index is -5.97. The fourth-order valence-corrected chi connectivity index (χ4v) is 16.2. The second kappa shape index (κ2) is 62.9. The average Bonchev–Trinajstić information content (AvgIpc) is 0.764. The molecule has 732 valence electrons. The number of allylic oxidation sites excluding steroid dienone is 21. The van der Waals surface area contributed by atoms with Gasteiger partial charge >= 0.3 is 21.6 Å². The highest BCUT2D eigenvalue weighted by molar-refractivity contribution is 7.61. The van der Waals surface area contributed by atoms with E-state index in [0.717, 1.165) is 154 Å². The summed E-state index contributed by atoms with van der Waals surface area (Å²) < 4.78 is 66.2. The van der Waals surface area contributed by atoms with Gasteiger partial charge in [-0.05, 0) is 271 Å². The van der Waals surface area contributed by atoms with Crippen LogP contribution in [0.4, 0.5) is 0 Å². The Labute approximate surface area is 765 Å². The number of ketones is 2. The van der Waals surface area contributed by atoms with Crippen molar-refractivity contribution >= 4 is 68.6 Å². The molecule has 0 aliphatic carbocycles. The maximum Gasteiger partial charge on any atom is 0.483 e. The molecule has 2 rings (SSSR count). The summed E-state index contributed by atoms with van der Waals surface area (Å²) in [5.41, 5.74) is 26.0. The predicted molar refractivity (Wildman–Crippen MR) is 498 cm³/mol. The first-order chi connectivity index (χ1) is 60.6. The Morgan fingerprint density at radius 1 is 0.434 bits per heavy atom. The van der Waals surface area contributed by atoms with Gasteiger partial charge in [-0.25, -0.2) is 13.9 Å². The molecule has 18 atom stereocenters. The van der Waals surface area contributed by atoms with E-state index < -0.39 is 199 Å². The zero-order valence-corrected chi connectivity index (χ0v) is 81.4. The van der Waals surface area contributed by atoms with E-state index in [0.29, 0.717) is 25.7 Å². The second-order valence-corrected chi connectivity index (χ2v) is 37.6. The Kier molecular flexibility index (Phi) is 57.4. The highest BCUT2D eigenvalue weighted by Gasteiger charge is 2.56. The Morgan fingerprint density at radius 3 is 1.22 bits per heavy atom. The predicted octanol–water partition coefficient (Wildman–Crippen LogP) is 12.3. The molecule has 35 heteroatoms. The lowest BCUT2D eigenvalue weighted by Crippen LogP contribution is -2.70. The number of aliphatic carboxylic acids is 1. The molecule has 0 aromatic heterocycles. The molecule has 0 bridgehead atoms. The number of hydrogen-bond acceptors (Lipinski definition) is 24. The molecule has 2 aliphatic heterocycles. The number of phosphoric acid groups is 2. The third-order valence-corrected chi connectivity index (χ3v) is 24.6. The first-order valence-electron chi connectivity index (χ1n) is 45.2. The number of amides is 6. The van der Waals surface area contributed by atoms with E-state index in [-0.39, 0.29) is 13.0 Å². The van der Waals surface area contributed by atoms with Crippen molar-refractivity contribution in [1.29, 1.82) is 0 Å².